The van der Waals surface area contributed by atoms with Gasteiger partial charge >= 0.3 is 0 Å². The van der Waals surface area contributed by atoms with E-state index in [4.69, 9.17) is 21.1 Å². The molecule has 34 heavy (non-hydrogen) atoms. The second kappa shape index (κ2) is 11.6. The molecule has 0 radical (unpaired) electrons. The summed E-state index contributed by atoms with van der Waals surface area (Å²) in [6.07, 6.45) is -0.742. The van der Waals surface area contributed by atoms with Gasteiger partial charge in [0.25, 0.3) is 11.8 Å². The molecule has 6 nitrogen and oxygen atoms in total. The van der Waals surface area contributed by atoms with Gasteiger partial charge in [0.2, 0.25) is 0 Å². The van der Waals surface area contributed by atoms with Gasteiger partial charge < -0.3 is 20.1 Å². The van der Waals surface area contributed by atoms with Crippen LogP contribution in [0.25, 0.3) is 0 Å². The van der Waals surface area contributed by atoms with Crippen LogP contribution in [0, 0.1) is 6.92 Å². The van der Waals surface area contributed by atoms with E-state index in [9.17, 15) is 9.59 Å². The fourth-order valence-corrected chi connectivity index (χ4v) is 3.43. The molecule has 2 N–H and O–H groups in total. The van der Waals surface area contributed by atoms with Gasteiger partial charge in [-0.2, -0.15) is 0 Å². The molecule has 0 fully saturated rings. The number of benzene rings is 3. The van der Waals surface area contributed by atoms with Crippen molar-refractivity contribution in [3.8, 4) is 11.5 Å². The van der Waals surface area contributed by atoms with Crippen LogP contribution in [0.1, 0.15) is 37.8 Å². The number of carbonyl (C=O) groups excluding carboxylic acids is 2. The van der Waals surface area contributed by atoms with Crippen molar-refractivity contribution < 1.29 is 19.1 Å². The summed E-state index contributed by atoms with van der Waals surface area (Å²) < 4.78 is 11.4. The van der Waals surface area contributed by atoms with Gasteiger partial charge in [0.1, 0.15) is 11.5 Å². The van der Waals surface area contributed by atoms with Crippen molar-refractivity contribution in [1.82, 2.24) is 0 Å². The molecule has 0 aromatic heterocycles. The van der Waals surface area contributed by atoms with E-state index in [1.54, 1.807) is 55.5 Å². The first kappa shape index (κ1) is 25.1. The van der Waals surface area contributed by atoms with Gasteiger partial charge in [0, 0.05) is 11.4 Å². The number of carbonyl (C=O) groups is 2. The van der Waals surface area contributed by atoms with Crippen LogP contribution in [0.15, 0.2) is 66.7 Å². The Kier molecular flexibility index (Phi) is 8.55. The molecule has 7 heteroatoms. The lowest BCUT2D eigenvalue weighted by atomic mass is 10.0. The van der Waals surface area contributed by atoms with Crippen molar-refractivity contribution in [1.29, 1.82) is 0 Å². The largest absolute Gasteiger partial charge is 0.483 e. The number of anilines is 2. The molecule has 0 heterocycles. The van der Waals surface area contributed by atoms with Gasteiger partial charge in [-0.1, -0.05) is 49.7 Å². The maximum atomic E-state index is 12.4. The molecule has 3 rings (SSSR count). The van der Waals surface area contributed by atoms with E-state index in [-0.39, 0.29) is 18.4 Å². The third kappa shape index (κ3) is 6.99. The van der Waals surface area contributed by atoms with Crippen LogP contribution < -0.4 is 20.1 Å². The van der Waals surface area contributed by atoms with E-state index >= 15 is 0 Å². The van der Waals surface area contributed by atoms with Crippen LogP contribution in [0.4, 0.5) is 11.4 Å². The summed E-state index contributed by atoms with van der Waals surface area (Å²) >= 11 is 6.08. The molecular formula is C27H29ClN2O4. The van der Waals surface area contributed by atoms with Crippen LogP contribution in [-0.2, 0) is 9.59 Å². The minimum Gasteiger partial charge on any atom is -0.483 e. The lowest BCUT2D eigenvalue weighted by Crippen LogP contribution is -2.30. The maximum absolute atomic E-state index is 12.4. The van der Waals surface area contributed by atoms with Gasteiger partial charge in [-0.25, -0.2) is 0 Å². The zero-order chi connectivity index (χ0) is 24.7. The van der Waals surface area contributed by atoms with Crippen molar-refractivity contribution in [2.45, 2.75) is 39.7 Å². The fraction of sp³-hybridized carbons (Fsp3) is 0.259. The lowest BCUT2D eigenvalue weighted by molar-refractivity contribution is -0.122. The van der Waals surface area contributed by atoms with E-state index in [1.165, 1.54) is 0 Å². The molecule has 0 saturated carbocycles. The molecule has 0 aliphatic rings. The smallest absolute Gasteiger partial charge is 0.265 e. The van der Waals surface area contributed by atoms with Gasteiger partial charge in [-0.15, -0.1) is 0 Å². The van der Waals surface area contributed by atoms with Gasteiger partial charge in [0.15, 0.2) is 12.7 Å². The Morgan fingerprint density at radius 1 is 0.882 bits per heavy atom. The number of hydrogen-bond donors (Lipinski definition) is 2. The summed E-state index contributed by atoms with van der Waals surface area (Å²) in [7, 11) is 0. The van der Waals surface area contributed by atoms with Crippen molar-refractivity contribution in [3.05, 3.63) is 82.9 Å². The van der Waals surface area contributed by atoms with Crippen molar-refractivity contribution >= 4 is 34.8 Å². The Bertz CT molecular complexity index is 1150. The van der Waals surface area contributed by atoms with E-state index in [0.717, 1.165) is 16.9 Å². The second-order valence-corrected chi connectivity index (χ2v) is 8.70. The number of ether oxygens (including phenoxy) is 2. The molecule has 2 amide bonds. The first-order valence-electron chi connectivity index (χ1n) is 11.1. The molecule has 1 unspecified atom stereocenters. The van der Waals surface area contributed by atoms with Crippen LogP contribution in [0.5, 0.6) is 11.5 Å². The van der Waals surface area contributed by atoms with E-state index in [2.05, 4.69) is 24.5 Å². The Morgan fingerprint density at radius 2 is 1.53 bits per heavy atom. The average molecular weight is 481 g/mol. The number of rotatable bonds is 9. The Hall–Kier alpha value is -3.51. The van der Waals surface area contributed by atoms with Gasteiger partial charge in [-0.3, -0.25) is 9.59 Å². The van der Waals surface area contributed by atoms with E-state index in [0.29, 0.717) is 28.1 Å². The molecule has 3 aromatic rings. The zero-order valence-corrected chi connectivity index (χ0v) is 20.5. The normalized spacial score (nSPS) is 11.6. The highest BCUT2D eigenvalue weighted by atomic mass is 35.5. The number of aryl methyl sites for hydroxylation is 1. The molecule has 0 spiro atoms. The molecule has 1 atom stereocenters. The number of hydrogen-bond acceptors (Lipinski definition) is 4. The first-order chi connectivity index (χ1) is 16.2. The van der Waals surface area contributed by atoms with Crippen LogP contribution in [0.3, 0.4) is 0 Å². The third-order valence-corrected chi connectivity index (χ3v) is 5.41. The van der Waals surface area contributed by atoms with Crippen molar-refractivity contribution in [2.24, 2.45) is 0 Å². The molecule has 0 aliphatic heterocycles. The summed E-state index contributed by atoms with van der Waals surface area (Å²) in [5.41, 5.74) is 3.31. The highest BCUT2D eigenvalue weighted by Crippen LogP contribution is 2.27. The van der Waals surface area contributed by atoms with E-state index < -0.39 is 6.10 Å². The Morgan fingerprint density at radius 3 is 2.18 bits per heavy atom. The molecule has 3 aromatic carbocycles. The minimum atomic E-state index is -0.742. The van der Waals surface area contributed by atoms with Crippen LogP contribution in [-0.4, -0.2) is 24.5 Å². The number of para-hydroxylation sites is 1. The average Bonchev–Trinajstić information content (AvgIpc) is 2.80. The van der Waals surface area contributed by atoms with Gasteiger partial charge in [-0.05, 0) is 73.4 Å². The summed E-state index contributed by atoms with van der Waals surface area (Å²) in [5.74, 6) is 0.868. The number of nitrogens with one attached hydrogen (secondary N) is 2. The predicted molar refractivity (Wildman–Crippen MR) is 136 cm³/mol. The van der Waals surface area contributed by atoms with Crippen molar-refractivity contribution in [3.63, 3.8) is 0 Å². The summed E-state index contributed by atoms with van der Waals surface area (Å²) in [6.45, 7) is 7.70. The SMILES string of the molecule is Cc1ccc(C(C)C)c(OCC(=O)Nc2ccc(NC(=O)C(C)Oc3ccccc3Cl)cc2)c1. The molecule has 0 saturated heterocycles. The zero-order valence-electron chi connectivity index (χ0n) is 19.7. The third-order valence-electron chi connectivity index (χ3n) is 5.10. The predicted octanol–water partition coefficient (Wildman–Crippen LogP) is 6.20. The molecule has 0 bridgehead atoms. The summed E-state index contributed by atoms with van der Waals surface area (Å²) in [5, 5.41) is 6.03. The molecule has 0 aliphatic carbocycles. The van der Waals surface area contributed by atoms with Gasteiger partial charge in [0.05, 0.1) is 5.02 Å². The first-order valence-corrected chi connectivity index (χ1v) is 11.5. The highest BCUT2D eigenvalue weighted by molar-refractivity contribution is 6.32. The van der Waals surface area contributed by atoms with Crippen molar-refractivity contribution in [2.75, 3.05) is 17.2 Å². The summed E-state index contributed by atoms with van der Waals surface area (Å²) in [4.78, 5) is 24.8. The second-order valence-electron chi connectivity index (χ2n) is 8.29. The fourth-order valence-electron chi connectivity index (χ4n) is 3.25. The minimum absolute atomic E-state index is 0.0987. The highest BCUT2D eigenvalue weighted by Gasteiger charge is 2.16. The maximum Gasteiger partial charge on any atom is 0.265 e. The van der Waals surface area contributed by atoms with Crippen LogP contribution >= 0.6 is 11.6 Å². The quantitative estimate of drug-likeness (QED) is 0.382. The monoisotopic (exact) mass is 480 g/mol. The standard InChI is InChI=1S/C27H29ClN2O4/c1-17(2)22-14-9-18(3)15-25(22)33-16-26(31)29-20-10-12-21(13-11-20)30-27(32)19(4)34-24-8-6-5-7-23(24)28/h5-15,17,19H,16H2,1-4H3,(H,29,31)(H,30,32). The number of halogens is 1. The number of amides is 2. The van der Waals surface area contributed by atoms with E-state index in [1.807, 2.05) is 25.1 Å². The lowest BCUT2D eigenvalue weighted by Gasteiger charge is -2.16. The Balaban J connectivity index is 1.51. The topological polar surface area (TPSA) is 76.7 Å². The molecular weight excluding hydrogens is 452 g/mol. The molecule has 178 valence electrons. The summed E-state index contributed by atoms with van der Waals surface area (Å²) in [6, 6.07) is 19.8. The van der Waals surface area contributed by atoms with Crippen LogP contribution in [0.2, 0.25) is 5.02 Å². The Labute approximate surface area is 205 Å².